The van der Waals surface area contributed by atoms with Crippen LogP contribution in [0.1, 0.15) is 34.6 Å². The molecule has 0 fully saturated rings. The van der Waals surface area contributed by atoms with Crippen molar-refractivity contribution >= 4 is 15.9 Å². The predicted molar refractivity (Wildman–Crippen MR) is 99.5 cm³/mol. The second-order valence-electron chi connectivity index (χ2n) is 6.18. The average Bonchev–Trinajstić information content (AvgIpc) is 3.08. The van der Waals surface area contributed by atoms with Gasteiger partial charge in [0, 0.05) is 18.7 Å². The van der Waals surface area contributed by atoms with Crippen LogP contribution in [0.2, 0.25) is 0 Å². The standard InChI is InChI=1S/C18H25N3O4S/c1-5-20-26(23,24)14-9-8-13(2)15(11-14)18(22)19-12-16(21(3)4)17-7-6-10-25-17/h6-11,16,20H,5,12H2,1-4H3,(H,19,22). The number of sulfonamides is 1. The molecule has 142 valence electrons. The summed E-state index contributed by atoms with van der Waals surface area (Å²) in [6, 6.07) is 8.06. The van der Waals surface area contributed by atoms with E-state index in [1.807, 2.05) is 25.1 Å². The lowest BCUT2D eigenvalue weighted by atomic mass is 10.1. The van der Waals surface area contributed by atoms with Crippen molar-refractivity contribution in [3.05, 3.63) is 53.5 Å². The number of benzene rings is 1. The summed E-state index contributed by atoms with van der Waals surface area (Å²) in [6.45, 7) is 4.10. The lowest BCUT2D eigenvalue weighted by Gasteiger charge is -2.22. The van der Waals surface area contributed by atoms with Crippen LogP contribution < -0.4 is 10.0 Å². The Morgan fingerprint density at radius 1 is 1.27 bits per heavy atom. The van der Waals surface area contributed by atoms with Gasteiger partial charge < -0.3 is 9.73 Å². The number of rotatable bonds is 8. The highest BCUT2D eigenvalue weighted by molar-refractivity contribution is 7.89. The fraction of sp³-hybridized carbons (Fsp3) is 0.389. The van der Waals surface area contributed by atoms with Gasteiger partial charge in [0.05, 0.1) is 17.2 Å². The van der Waals surface area contributed by atoms with E-state index >= 15 is 0 Å². The third-order valence-electron chi connectivity index (χ3n) is 4.05. The van der Waals surface area contributed by atoms with Crippen LogP contribution in [0, 0.1) is 6.92 Å². The highest BCUT2D eigenvalue weighted by atomic mass is 32.2. The van der Waals surface area contributed by atoms with Crippen LogP contribution >= 0.6 is 0 Å². The Labute approximate surface area is 154 Å². The van der Waals surface area contributed by atoms with Gasteiger partial charge in [-0.3, -0.25) is 9.69 Å². The first-order valence-electron chi connectivity index (χ1n) is 8.34. The maximum Gasteiger partial charge on any atom is 0.251 e. The lowest BCUT2D eigenvalue weighted by molar-refractivity contribution is 0.0938. The molecule has 0 saturated heterocycles. The molecule has 1 heterocycles. The second-order valence-corrected chi connectivity index (χ2v) is 7.95. The van der Waals surface area contributed by atoms with E-state index in [4.69, 9.17) is 4.42 Å². The highest BCUT2D eigenvalue weighted by Crippen LogP contribution is 2.19. The number of nitrogens with one attached hydrogen (secondary N) is 2. The van der Waals surface area contributed by atoms with Crippen LogP contribution in [0.25, 0.3) is 0 Å². The number of likely N-dealkylation sites (N-methyl/N-ethyl adjacent to an activating group) is 1. The van der Waals surface area contributed by atoms with Gasteiger partial charge in [0.15, 0.2) is 0 Å². The normalized spacial score (nSPS) is 13.0. The minimum atomic E-state index is -3.62. The zero-order valence-electron chi connectivity index (χ0n) is 15.4. The SMILES string of the molecule is CCNS(=O)(=O)c1ccc(C)c(C(=O)NCC(c2ccco2)N(C)C)c1. The fourth-order valence-electron chi connectivity index (χ4n) is 2.59. The molecule has 1 aromatic heterocycles. The molecule has 26 heavy (non-hydrogen) atoms. The summed E-state index contributed by atoms with van der Waals surface area (Å²) in [4.78, 5) is 14.6. The van der Waals surface area contributed by atoms with Crippen LogP contribution in [0.4, 0.5) is 0 Å². The van der Waals surface area contributed by atoms with Gasteiger partial charge in [-0.05, 0) is 50.8 Å². The Balaban J connectivity index is 2.19. The lowest BCUT2D eigenvalue weighted by Crippen LogP contribution is -2.34. The molecule has 2 N–H and O–H groups in total. The molecule has 0 aliphatic heterocycles. The molecule has 2 rings (SSSR count). The largest absolute Gasteiger partial charge is 0.468 e. The number of hydrogen-bond donors (Lipinski definition) is 2. The molecule has 0 bridgehead atoms. The molecule has 0 aliphatic carbocycles. The number of amides is 1. The van der Waals surface area contributed by atoms with Crippen molar-refractivity contribution in [3.8, 4) is 0 Å². The summed E-state index contributed by atoms with van der Waals surface area (Å²) in [5, 5.41) is 2.86. The van der Waals surface area contributed by atoms with Crippen molar-refractivity contribution in [1.29, 1.82) is 0 Å². The van der Waals surface area contributed by atoms with Gasteiger partial charge in [-0.1, -0.05) is 13.0 Å². The van der Waals surface area contributed by atoms with Crippen LogP contribution in [-0.2, 0) is 10.0 Å². The zero-order chi connectivity index (χ0) is 19.3. The van der Waals surface area contributed by atoms with Crippen molar-refractivity contribution in [2.24, 2.45) is 0 Å². The van der Waals surface area contributed by atoms with E-state index in [9.17, 15) is 13.2 Å². The van der Waals surface area contributed by atoms with Gasteiger partial charge in [0.2, 0.25) is 10.0 Å². The Morgan fingerprint density at radius 2 is 2.00 bits per heavy atom. The van der Waals surface area contributed by atoms with E-state index in [2.05, 4.69) is 10.0 Å². The Morgan fingerprint density at radius 3 is 2.58 bits per heavy atom. The summed E-state index contributed by atoms with van der Waals surface area (Å²) < 4.78 is 32.2. The van der Waals surface area contributed by atoms with Gasteiger partial charge in [0.25, 0.3) is 5.91 Å². The van der Waals surface area contributed by atoms with Gasteiger partial charge in [0.1, 0.15) is 5.76 Å². The van der Waals surface area contributed by atoms with Gasteiger partial charge >= 0.3 is 0 Å². The van der Waals surface area contributed by atoms with E-state index in [0.29, 0.717) is 17.7 Å². The minimum Gasteiger partial charge on any atom is -0.468 e. The maximum atomic E-state index is 12.6. The van der Waals surface area contributed by atoms with Crippen LogP contribution in [-0.4, -0.2) is 46.4 Å². The van der Waals surface area contributed by atoms with Crippen molar-refractivity contribution in [1.82, 2.24) is 14.9 Å². The van der Waals surface area contributed by atoms with E-state index < -0.39 is 10.0 Å². The molecule has 1 aromatic carbocycles. The Hall–Kier alpha value is -2.16. The van der Waals surface area contributed by atoms with E-state index in [1.54, 1.807) is 32.2 Å². The number of furan rings is 1. The van der Waals surface area contributed by atoms with Crippen molar-refractivity contribution in [2.75, 3.05) is 27.2 Å². The first-order chi connectivity index (χ1) is 12.3. The van der Waals surface area contributed by atoms with Crippen LogP contribution in [0.5, 0.6) is 0 Å². The molecule has 0 spiro atoms. The molecule has 1 unspecified atom stereocenters. The van der Waals surface area contributed by atoms with Crippen molar-refractivity contribution in [2.45, 2.75) is 24.8 Å². The molecule has 0 saturated carbocycles. The van der Waals surface area contributed by atoms with Crippen molar-refractivity contribution in [3.63, 3.8) is 0 Å². The van der Waals surface area contributed by atoms with Gasteiger partial charge in [-0.2, -0.15) is 0 Å². The Kier molecular flexibility index (Phi) is 6.57. The van der Waals surface area contributed by atoms with Gasteiger partial charge in [-0.25, -0.2) is 13.1 Å². The van der Waals surface area contributed by atoms with Gasteiger partial charge in [-0.15, -0.1) is 0 Å². The minimum absolute atomic E-state index is 0.0743. The number of carbonyl (C=O) groups is 1. The third kappa shape index (κ3) is 4.72. The predicted octanol–water partition coefficient (Wildman–Crippen LogP) is 1.92. The summed E-state index contributed by atoms with van der Waals surface area (Å²) in [7, 11) is 0.178. The third-order valence-corrected chi connectivity index (χ3v) is 5.59. The molecular weight excluding hydrogens is 354 g/mol. The summed E-state index contributed by atoms with van der Waals surface area (Å²) in [5.41, 5.74) is 1.04. The van der Waals surface area contributed by atoms with E-state index in [-0.39, 0.29) is 23.4 Å². The Bertz CT molecular complexity index is 845. The second kappa shape index (κ2) is 8.48. The maximum absolute atomic E-state index is 12.6. The number of nitrogens with zero attached hydrogens (tertiary/aromatic N) is 1. The summed E-state index contributed by atoms with van der Waals surface area (Å²) in [5.74, 6) is 0.421. The topological polar surface area (TPSA) is 91.6 Å². The van der Waals surface area contributed by atoms with Crippen LogP contribution in [0.3, 0.4) is 0 Å². The monoisotopic (exact) mass is 379 g/mol. The van der Waals surface area contributed by atoms with Crippen LogP contribution in [0.15, 0.2) is 45.9 Å². The molecule has 1 amide bonds. The molecular formula is C18H25N3O4S. The summed E-state index contributed by atoms with van der Waals surface area (Å²) in [6.07, 6.45) is 1.59. The summed E-state index contributed by atoms with van der Waals surface area (Å²) >= 11 is 0. The zero-order valence-corrected chi connectivity index (χ0v) is 16.3. The smallest absolute Gasteiger partial charge is 0.251 e. The molecule has 0 radical (unpaired) electrons. The van der Waals surface area contributed by atoms with E-state index in [0.717, 1.165) is 5.76 Å². The quantitative estimate of drug-likeness (QED) is 0.731. The molecule has 1 atom stereocenters. The molecule has 7 nitrogen and oxygen atoms in total. The van der Waals surface area contributed by atoms with E-state index in [1.165, 1.54) is 12.1 Å². The number of aryl methyl sites for hydroxylation is 1. The first-order valence-corrected chi connectivity index (χ1v) is 9.83. The molecule has 0 aliphatic rings. The first kappa shape index (κ1) is 20.2. The fourth-order valence-corrected chi connectivity index (χ4v) is 3.66. The average molecular weight is 379 g/mol. The highest BCUT2D eigenvalue weighted by Gasteiger charge is 2.20. The molecule has 8 heteroatoms. The number of carbonyl (C=O) groups excluding carboxylic acids is 1. The molecule has 2 aromatic rings. The van der Waals surface area contributed by atoms with Crippen molar-refractivity contribution < 1.29 is 17.6 Å². The number of hydrogen-bond acceptors (Lipinski definition) is 5.